The third-order valence-corrected chi connectivity index (χ3v) is 5.45. The molecule has 0 bridgehead atoms. The molecule has 0 fully saturated rings. The fourth-order valence-corrected chi connectivity index (χ4v) is 3.76. The fraction of sp³-hybridized carbons (Fsp3) is 0.167. The van der Waals surface area contributed by atoms with Crippen LogP contribution < -0.4 is 10.0 Å². The Morgan fingerprint density at radius 1 is 1.04 bits per heavy atom. The van der Waals surface area contributed by atoms with Gasteiger partial charge in [-0.25, -0.2) is 8.42 Å². The summed E-state index contributed by atoms with van der Waals surface area (Å²) in [6, 6.07) is 11.5. The standard InChI is InChI=1S/C18H19N3O3S/c1-11-12(2)19-18-16(11)5-4-6-17(18)21-25(23,24)15-9-7-14(8-10-15)20-13(3)22/h4-10,19,21H,1-3H3,(H,20,22). The number of H-pyrrole nitrogens is 1. The molecule has 0 aliphatic rings. The Bertz CT molecular complexity index is 1050. The van der Waals surface area contributed by atoms with Gasteiger partial charge in [-0.1, -0.05) is 12.1 Å². The van der Waals surface area contributed by atoms with E-state index in [2.05, 4.69) is 15.0 Å². The first-order chi connectivity index (χ1) is 11.8. The summed E-state index contributed by atoms with van der Waals surface area (Å²) in [5, 5.41) is 3.59. The van der Waals surface area contributed by atoms with Crippen LogP contribution in [0, 0.1) is 13.8 Å². The second kappa shape index (κ2) is 6.25. The van der Waals surface area contributed by atoms with Crippen LogP contribution in [0.1, 0.15) is 18.2 Å². The Morgan fingerprint density at radius 2 is 1.72 bits per heavy atom. The van der Waals surface area contributed by atoms with E-state index in [0.717, 1.165) is 22.2 Å². The van der Waals surface area contributed by atoms with Gasteiger partial charge in [0.1, 0.15) is 0 Å². The molecule has 6 nitrogen and oxygen atoms in total. The zero-order valence-electron chi connectivity index (χ0n) is 14.2. The molecule has 0 saturated carbocycles. The molecule has 0 spiro atoms. The molecule has 25 heavy (non-hydrogen) atoms. The third kappa shape index (κ3) is 3.36. The third-order valence-electron chi connectivity index (χ3n) is 4.07. The number of aromatic amines is 1. The van der Waals surface area contributed by atoms with Crippen LogP contribution in [0.25, 0.3) is 10.9 Å². The highest BCUT2D eigenvalue weighted by molar-refractivity contribution is 7.92. The van der Waals surface area contributed by atoms with E-state index < -0.39 is 10.0 Å². The molecule has 0 aliphatic carbocycles. The first kappa shape index (κ1) is 17.0. The van der Waals surface area contributed by atoms with Crippen LogP contribution in [0.5, 0.6) is 0 Å². The minimum absolute atomic E-state index is 0.124. The van der Waals surface area contributed by atoms with Crippen molar-refractivity contribution in [2.45, 2.75) is 25.7 Å². The lowest BCUT2D eigenvalue weighted by atomic mass is 10.1. The Balaban J connectivity index is 1.94. The maximum absolute atomic E-state index is 12.7. The van der Waals surface area contributed by atoms with Crippen LogP contribution in [0.2, 0.25) is 0 Å². The van der Waals surface area contributed by atoms with E-state index in [1.54, 1.807) is 18.2 Å². The molecule has 3 rings (SSSR count). The minimum Gasteiger partial charge on any atom is -0.357 e. The summed E-state index contributed by atoms with van der Waals surface area (Å²) in [7, 11) is -3.74. The predicted octanol–water partition coefficient (Wildman–Crippen LogP) is 3.54. The summed E-state index contributed by atoms with van der Waals surface area (Å²) in [5.41, 5.74) is 3.90. The van der Waals surface area contributed by atoms with Gasteiger partial charge in [0.15, 0.2) is 0 Å². The van der Waals surface area contributed by atoms with Crippen molar-refractivity contribution in [3.8, 4) is 0 Å². The number of carbonyl (C=O) groups excluding carboxylic acids is 1. The molecule has 3 aromatic rings. The Kier molecular flexibility index (Phi) is 4.26. The zero-order valence-corrected chi connectivity index (χ0v) is 15.0. The molecule has 0 radical (unpaired) electrons. The van der Waals surface area contributed by atoms with Gasteiger partial charge in [0.05, 0.1) is 16.1 Å². The number of hydrogen-bond acceptors (Lipinski definition) is 3. The van der Waals surface area contributed by atoms with Gasteiger partial charge in [-0.05, 0) is 49.7 Å². The number of amides is 1. The van der Waals surface area contributed by atoms with Gasteiger partial charge >= 0.3 is 0 Å². The second-order valence-corrected chi connectivity index (χ2v) is 7.60. The number of nitrogens with one attached hydrogen (secondary N) is 3. The summed E-state index contributed by atoms with van der Waals surface area (Å²) in [6.45, 7) is 5.34. The molecule has 1 aromatic heterocycles. The van der Waals surface area contributed by atoms with E-state index in [9.17, 15) is 13.2 Å². The van der Waals surface area contributed by atoms with Crippen molar-refractivity contribution < 1.29 is 13.2 Å². The van der Waals surface area contributed by atoms with E-state index in [-0.39, 0.29) is 10.8 Å². The summed E-state index contributed by atoms with van der Waals surface area (Å²) < 4.78 is 27.9. The van der Waals surface area contributed by atoms with Crippen LogP contribution in [0.4, 0.5) is 11.4 Å². The van der Waals surface area contributed by atoms with Gasteiger partial charge < -0.3 is 10.3 Å². The lowest BCUT2D eigenvalue weighted by molar-refractivity contribution is -0.114. The Morgan fingerprint density at radius 3 is 2.36 bits per heavy atom. The predicted molar refractivity (Wildman–Crippen MR) is 99.3 cm³/mol. The Labute approximate surface area is 146 Å². The number of sulfonamides is 1. The van der Waals surface area contributed by atoms with E-state index >= 15 is 0 Å². The summed E-state index contributed by atoms with van der Waals surface area (Å²) in [6.07, 6.45) is 0. The van der Waals surface area contributed by atoms with Gasteiger partial charge in [-0.3, -0.25) is 9.52 Å². The van der Waals surface area contributed by atoms with Gasteiger partial charge in [0.2, 0.25) is 5.91 Å². The average Bonchev–Trinajstić information content (AvgIpc) is 2.83. The topological polar surface area (TPSA) is 91.1 Å². The van der Waals surface area contributed by atoms with Crippen LogP contribution in [0.15, 0.2) is 47.4 Å². The van der Waals surface area contributed by atoms with E-state index in [0.29, 0.717) is 11.4 Å². The lowest BCUT2D eigenvalue weighted by Gasteiger charge is -2.10. The van der Waals surface area contributed by atoms with Crippen molar-refractivity contribution in [2.24, 2.45) is 0 Å². The lowest BCUT2D eigenvalue weighted by Crippen LogP contribution is -2.13. The van der Waals surface area contributed by atoms with Crippen molar-refractivity contribution >= 4 is 38.2 Å². The number of fused-ring (bicyclic) bond motifs is 1. The van der Waals surface area contributed by atoms with Gasteiger partial charge in [0.25, 0.3) is 10.0 Å². The van der Waals surface area contributed by atoms with Crippen molar-refractivity contribution in [3.63, 3.8) is 0 Å². The highest BCUT2D eigenvalue weighted by Gasteiger charge is 2.17. The average molecular weight is 357 g/mol. The van der Waals surface area contributed by atoms with Crippen molar-refractivity contribution in [2.75, 3.05) is 10.0 Å². The molecular formula is C18H19N3O3S. The molecule has 130 valence electrons. The van der Waals surface area contributed by atoms with Crippen LogP contribution in [0.3, 0.4) is 0 Å². The summed E-state index contributed by atoms with van der Waals surface area (Å²) >= 11 is 0. The molecule has 0 unspecified atom stereocenters. The fourth-order valence-electron chi connectivity index (χ4n) is 2.69. The van der Waals surface area contributed by atoms with E-state index in [1.165, 1.54) is 19.1 Å². The first-order valence-corrected chi connectivity index (χ1v) is 9.24. The van der Waals surface area contributed by atoms with Crippen molar-refractivity contribution in [3.05, 3.63) is 53.7 Å². The van der Waals surface area contributed by atoms with E-state index in [4.69, 9.17) is 0 Å². The quantitative estimate of drug-likeness (QED) is 0.667. The van der Waals surface area contributed by atoms with Crippen LogP contribution in [-0.2, 0) is 14.8 Å². The van der Waals surface area contributed by atoms with Crippen LogP contribution in [-0.4, -0.2) is 19.3 Å². The second-order valence-electron chi connectivity index (χ2n) is 5.91. The summed E-state index contributed by atoms with van der Waals surface area (Å²) in [4.78, 5) is 14.4. The first-order valence-electron chi connectivity index (χ1n) is 7.76. The number of hydrogen-bond donors (Lipinski definition) is 3. The number of aryl methyl sites for hydroxylation is 2. The van der Waals surface area contributed by atoms with Crippen molar-refractivity contribution in [1.82, 2.24) is 4.98 Å². The number of benzene rings is 2. The zero-order chi connectivity index (χ0) is 18.2. The molecular weight excluding hydrogens is 338 g/mol. The number of para-hydroxylation sites is 1. The molecule has 0 saturated heterocycles. The normalized spacial score (nSPS) is 11.5. The van der Waals surface area contributed by atoms with Gasteiger partial charge in [-0.15, -0.1) is 0 Å². The van der Waals surface area contributed by atoms with E-state index in [1.807, 2.05) is 26.0 Å². The highest BCUT2D eigenvalue weighted by Crippen LogP contribution is 2.29. The molecule has 3 N–H and O–H groups in total. The Hall–Kier alpha value is -2.80. The van der Waals surface area contributed by atoms with Gasteiger partial charge in [0, 0.05) is 23.7 Å². The van der Waals surface area contributed by atoms with Crippen molar-refractivity contribution in [1.29, 1.82) is 0 Å². The maximum Gasteiger partial charge on any atom is 0.261 e. The molecule has 0 aliphatic heterocycles. The monoisotopic (exact) mass is 357 g/mol. The molecule has 1 amide bonds. The molecule has 0 atom stereocenters. The minimum atomic E-state index is -3.74. The molecule has 7 heteroatoms. The number of rotatable bonds is 4. The summed E-state index contributed by atoms with van der Waals surface area (Å²) in [5.74, 6) is -0.210. The number of carbonyl (C=O) groups is 1. The van der Waals surface area contributed by atoms with Crippen LogP contribution >= 0.6 is 0 Å². The molecule has 1 heterocycles. The number of aromatic nitrogens is 1. The largest absolute Gasteiger partial charge is 0.357 e. The molecule has 2 aromatic carbocycles. The smallest absolute Gasteiger partial charge is 0.261 e. The SMILES string of the molecule is CC(=O)Nc1ccc(S(=O)(=O)Nc2cccc3c(C)c(C)[nH]c23)cc1. The highest BCUT2D eigenvalue weighted by atomic mass is 32.2. The van der Waals surface area contributed by atoms with Gasteiger partial charge in [-0.2, -0.15) is 0 Å². The number of anilines is 2. The maximum atomic E-state index is 12.7.